The van der Waals surface area contributed by atoms with Crippen LogP contribution in [0.15, 0.2) is 42.5 Å². The molecule has 0 amide bonds. The Balaban J connectivity index is 2.27. The second kappa shape index (κ2) is 6.76. The van der Waals surface area contributed by atoms with E-state index in [2.05, 4.69) is 0 Å². The van der Waals surface area contributed by atoms with Crippen LogP contribution in [0.1, 0.15) is 16.8 Å². The molecule has 0 unspecified atom stereocenters. The fraction of sp³-hybridized carbons (Fsp3) is 0.176. The zero-order valence-corrected chi connectivity index (χ0v) is 12.3. The summed E-state index contributed by atoms with van der Waals surface area (Å²) in [6.45, 7) is 0. The highest BCUT2D eigenvalue weighted by Crippen LogP contribution is 2.32. The third-order valence-electron chi connectivity index (χ3n) is 3.24. The first-order chi connectivity index (χ1) is 10.5. The molecule has 0 aliphatic rings. The van der Waals surface area contributed by atoms with Gasteiger partial charge in [0, 0.05) is 5.56 Å². The molecular weight excluding hydrogens is 284 g/mol. The van der Waals surface area contributed by atoms with Gasteiger partial charge in [0.2, 0.25) is 0 Å². The standard InChI is InChI=1S/C17H16O5/c1-21-15-8-7-13(9-16(15)22-2)11-3-5-12(6-4-11)14(18)10-17(19)20/h3-9H,10H2,1-2H3,(H,19,20). The van der Waals surface area contributed by atoms with Gasteiger partial charge >= 0.3 is 5.97 Å². The van der Waals surface area contributed by atoms with Gasteiger partial charge in [-0.25, -0.2) is 0 Å². The van der Waals surface area contributed by atoms with E-state index >= 15 is 0 Å². The predicted octanol–water partition coefficient (Wildman–Crippen LogP) is 3.03. The van der Waals surface area contributed by atoms with E-state index in [9.17, 15) is 9.59 Å². The van der Waals surface area contributed by atoms with Crippen LogP contribution in [0, 0.1) is 0 Å². The lowest BCUT2D eigenvalue weighted by molar-refractivity contribution is -0.135. The Morgan fingerprint density at radius 3 is 2.05 bits per heavy atom. The van der Waals surface area contributed by atoms with Crippen molar-refractivity contribution >= 4 is 11.8 Å². The molecule has 0 fully saturated rings. The lowest BCUT2D eigenvalue weighted by atomic mass is 10.0. The van der Waals surface area contributed by atoms with Crippen molar-refractivity contribution in [3.63, 3.8) is 0 Å². The van der Waals surface area contributed by atoms with E-state index in [0.717, 1.165) is 11.1 Å². The number of Topliss-reactive ketones (excluding diaryl/α,β-unsaturated/α-hetero) is 1. The molecule has 0 heterocycles. The number of benzene rings is 2. The molecule has 0 saturated carbocycles. The third kappa shape index (κ3) is 3.44. The lowest BCUT2D eigenvalue weighted by Crippen LogP contribution is -2.06. The molecule has 0 atom stereocenters. The summed E-state index contributed by atoms with van der Waals surface area (Å²) in [6.07, 6.45) is -0.504. The van der Waals surface area contributed by atoms with Gasteiger partial charge in [-0.15, -0.1) is 0 Å². The molecule has 2 aromatic rings. The minimum atomic E-state index is -1.13. The van der Waals surface area contributed by atoms with E-state index in [0.29, 0.717) is 17.1 Å². The third-order valence-corrected chi connectivity index (χ3v) is 3.24. The van der Waals surface area contributed by atoms with Crippen molar-refractivity contribution in [1.29, 1.82) is 0 Å². The SMILES string of the molecule is COc1ccc(-c2ccc(C(=O)CC(=O)O)cc2)cc1OC. The number of aliphatic carboxylic acids is 1. The zero-order valence-electron chi connectivity index (χ0n) is 12.3. The van der Waals surface area contributed by atoms with Crippen molar-refractivity contribution in [3.8, 4) is 22.6 Å². The maximum Gasteiger partial charge on any atom is 0.311 e. The molecule has 0 radical (unpaired) electrons. The number of carboxylic acid groups (broad SMARTS) is 1. The predicted molar refractivity (Wildman–Crippen MR) is 81.6 cm³/mol. The van der Waals surface area contributed by atoms with Gasteiger partial charge < -0.3 is 14.6 Å². The molecule has 5 nitrogen and oxygen atoms in total. The summed E-state index contributed by atoms with van der Waals surface area (Å²) in [5.74, 6) is -0.286. The van der Waals surface area contributed by atoms with Gasteiger partial charge in [0.15, 0.2) is 17.3 Å². The van der Waals surface area contributed by atoms with Crippen molar-refractivity contribution in [2.75, 3.05) is 14.2 Å². The fourth-order valence-electron chi connectivity index (χ4n) is 2.10. The van der Waals surface area contributed by atoms with E-state index in [1.54, 1.807) is 44.6 Å². The zero-order chi connectivity index (χ0) is 16.1. The van der Waals surface area contributed by atoms with Gasteiger partial charge in [-0.3, -0.25) is 9.59 Å². The normalized spacial score (nSPS) is 10.1. The number of carbonyl (C=O) groups is 2. The van der Waals surface area contributed by atoms with Crippen molar-refractivity contribution < 1.29 is 24.2 Å². The first-order valence-corrected chi connectivity index (χ1v) is 6.62. The summed E-state index contributed by atoms with van der Waals surface area (Å²) < 4.78 is 10.4. The van der Waals surface area contributed by atoms with E-state index in [1.165, 1.54) is 0 Å². The highest BCUT2D eigenvalue weighted by atomic mass is 16.5. The van der Waals surface area contributed by atoms with Crippen molar-refractivity contribution in [3.05, 3.63) is 48.0 Å². The number of carboxylic acids is 1. The summed E-state index contributed by atoms with van der Waals surface area (Å²) in [5.41, 5.74) is 2.19. The molecule has 0 aliphatic carbocycles. The molecule has 0 spiro atoms. The Morgan fingerprint density at radius 2 is 1.50 bits per heavy atom. The Labute approximate surface area is 128 Å². The minimum absolute atomic E-state index is 0.381. The molecule has 2 rings (SSSR count). The van der Waals surface area contributed by atoms with Crippen LogP contribution >= 0.6 is 0 Å². The molecule has 0 saturated heterocycles. The number of carbonyl (C=O) groups excluding carboxylic acids is 1. The number of ether oxygens (including phenoxy) is 2. The van der Waals surface area contributed by atoms with E-state index in [-0.39, 0.29) is 0 Å². The second-order valence-corrected chi connectivity index (χ2v) is 4.64. The molecule has 0 bridgehead atoms. The van der Waals surface area contributed by atoms with Crippen LogP contribution in [0.3, 0.4) is 0 Å². The Hall–Kier alpha value is -2.82. The smallest absolute Gasteiger partial charge is 0.311 e. The molecule has 0 aliphatic heterocycles. The Bertz CT molecular complexity index is 689. The molecule has 114 valence electrons. The molecule has 1 N–H and O–H groups in total. The van der Waals surface area contributed by atoms with Crippen LogP contribution in [-0.4, -0.2) is 31.1 Å². The molecule has 22 heavy (non-hydrogen) atoms. The largest absolute Gasteiger partial charge is 0.493 e. The van der Waals surface area contributed by atoms with Crippen LogP contribution in [0.4, 0.5) is 0 Å². The first kappa shape index (κ1) is 15.6. The summed E-state index contributed by atoms with van der Waals surface area (Å²) >= 11 is 0. The van der Waals surface area contributed by atoms with Gasteiger partial charge in [-0.2, -0.15) is 0 Å². The van der Waals surface area contributed by atoms with E-state index < -0.39 is 18.2 Å². The molecule has 2 aromatic carbocycles. The highest BCUT2D eigenvalue weighted by Gasteiger charge is 2.11. The quantitative estimate of drug-likeness (QED) is 0.655. The van der Waals surface area contributed by atoms with Crippen LogP contribution < -0.4 is 9.47 Å². The maximum atomic E-state index is 11.7. The lowest BCUT2D eigenvalue weighted by Gasteiger charge is -2.10. The molecular formula is C17H16O5. The first-order valence-electron chi connectivity index (χ1n) is 6.62. The Morgan fingerprint density at radius 1 is 0.909 bits per heavy atom. The minimum Gasteiger partial charge on any atom is -0.493 e. The summed E-state index contributed by atoms with van der Waals surface area (Å²) in [4.78, 5) is 22.2. The number of hydrogen-bond acceptors (Lipinski definition) is 4. The highest BCUT2D eigenvalue weighted by molar-refractivity contribution is 6.05. The fourth-order valence-corrected chi connectivity index (χ4v) is 2.10. The summed E-state index contributed by atoms with van der Waals surface area (Å²) in [6, 6.07) is 12.3. The molecule has 5 heteroatoms. The van der Waals surface area contributed by atoms with Crippen LogP contribution in [0.2, 0.25) is 0 Å². The van der Waals surface area contributed by atoms with Gasteiger partial charge in [0.1, 0.15) is 6.42 Å². The second-order valence-electron chi connectivity index (χ2n) is 4.64. The average molecular weight is 300 g/mol. The van der Waals surface area contributed by atoms with Crippen molar-refractivity contribution in [2.45, 2.75) is 6.42 Å². The number of hydrogen-bond donors (Lipinski definition) is 1. The summed E-state index contributed by atoms with van der Waals surface area (Å²) in [7, 11) is 3.13. The van der Waals surface area contributed by atoms with E-state index in [1.807, 2.05) is 12.1 Å². The molecule has 0 aromatic heterocycles. The van der Waals surface area contributed by atoms with E-state index in [4.69, 9.17) is 14.6 Å². The Kier molecular flexibility index (Phi) is 4.78. The van der Waals surface area contributed by atoms with Crippen LogP contribution in [0.5, 0.6) is 11.5 Å². The number of rotatable bonds is 6. The van der Waals surface area contributed by atoms with Gasteiger partial charge in [-0.1, -0.05) is 30.3 Å². The van der Waals surface area contributed by atoms with Crippen molar-refractivity contribution in [1.82, 2.24) is 0 Å². The maximum absolute atomic E-state index is 11.7. The monoisotopic (exact) mass is 300 g/mol. The van der Waals surface area contributed by atoms with Crippen LogP contribution in [0.25, 0.3) is 11.1 Å². The summed E-state index contributed by atoms with van der Waals surface area (Å²) in [5, 5.41) is 8.64. The van der Waals surface area contributed by atoms with Crippen LogP contribution in [-0.2, 0) is 4.79 Å². The average Bonchev–Trinajstić information content (AvgIpc) is 2.53. The van der Waals surface area contributed by atoms with Gasteiger partial charge in [-0.05, 0) is 23.3 Å². The van der Waals surface area contributed by atoms with Crippen molar-refractivity contribution in [2.24, 2.45) is 0 Å². The number of ketones is 1. The van der Waals surface area contributed by atoms with Gasteiger partial charge in [0.05, 0.1) is 14.2 Å². The van der Waals surface area contributed by atoms with Gasteiger partial charge in [0.25, 0.3) is 0 Å². The number of methoxy groups -OCH3 is 2. The topological polar surface area (TPSA) is 72.8 Å².